The Balaban J connectivity index is 1.57. The number of pyridine rings is 1. The molecule has 0 unspecified atom stereocenters. The van der Waals surface area contributed by atoms with Gasteiger partial charge in [-0.3, -0.25) is 14.2 Å². The SMILES string of the molecule is COc1ccc(-c2c(C)nn(CC(=O)Nc3nn(C)c4ccccc34)c2C)cn1. The maximum absolute atomic E-state index is 12.7. The maximum Gasteiger partial charge on any atom is 0.247 e. The lowest BCUT2D eigenvalue weighted by atomic mass is 10.1. The van der Waals surface area contributed by atoms with Gasteiger partial charge in [0.05, 0.1) is 18.3 Å². The van der Waals surface area contributed by atoms with Crippen molar-refractivity contribution in [1.29, 1.82) is 0 Å². The van der Waals surface area contributed by atoms with Crippen LogP contribution in [0.5, 0.6) is 5.88 Å². The summed E-state index contributed by atoms with van der Waals surface area (Å²) in [4.78, 5) is 16.9. The second kappa shape index (κ2) is 7.38. The predicted molar refractivity (Wildman–Crippen MR) is 111 cm³/mol. The van der Waals surface area contributed by atoms with Crippen molar-refractivity contribution in [1.82, 2.24) is 24.5 Å². The van der Waals surface area contributed by atoms with Crippen LogP contribution in [0.25, 0.3) is 22.0 Å². The van der Waals surface area contributed by atoms with E-state index >= 15 is 0 Å². The van der Waals surface area contributed by atoms with Gasteiger partial charge in [0.2, 0.25) is 11.8 Å². The number of nitrogens with zero attached hydrogens (tertiary/aromatic N) is 5. The van der Waals surface area contributed by atoms with Crippen molar-refractivity contribution in [3.05, 3.63) is 54.0 Å². The highest BCUT2D eigenvalue weighted by Crippen LogP contribution is 2.27. The van der Waals surface area contributed by atoms with E-state index < -0.39 is 0 Å². The number of rotatable bonds is 5. The molecular weight excluding hydrogens is 368 g/mol. The van der Waals surface area contributed by atoms with Gasteiger partial charge in [0, 0.05) is 41.5 Å². The van der Waals surface area contributed by atoms with E-state index in [2.05, 4.69) is 20.5 Å². The number of nitrogens with one attached hydrogen (secondary N) is 1. The zero-order valence-corrected chi connectivity index (χ0v) is 16.8. The van der Waals surface area contributed by atoms with Crippen molar-refractivity contribution in [3.8, 4) is 17.0 Å². The average molecular weight is 390 g/mol. The van der Waals surface area contributed by atoms with Crippen LogP contribution in [0.4, 0.5) is 5.82 Å². The average Bonchev–Trinajstić information content (AvgIpc) is 3.18. The molecule has 0 saturated carbocycles. The van der Waals surface area contributed by atoms with Crippen LogP contribution in [0.3, 0.4) is 0 Å². The molecule has 1 aromatic carbocycles. The normalized spacial score (nSPS) is 11.0. The molecule has 3 aromatic heterocycles. The number of carbonyl (C=O) groups is 1. The molecule has 4 aromatic rings. The highest BCUT2D eigenvalue weighted by Gasteiger charge is 2.17. The van der Waals surface area contributed by atoms with E-state index in [-0.39, 0.29) is 12.5 Å². The third-order valence-electron chi connectivity index (χ3n) is 4.92. The zero-order valence-electron chi connectivity index (χ0n) is 16.8. The number of hydrogen-bond donors (Lipinski definition) is 1. The lowest BCUT2D eigenvalue weighted by Crippen LogP contribution is -2.20. The van der Waals surface area contributed by atoms with Gasteiger partial charge in [0.1, 0.15) is 6.54 Å². The van der Waals surface area contributed by atoms with Crippen LogP contribution in [0.1, 0.15) is 11.4 Å². The lowest BCUT2D eigenvalue weighted by Gasteiger charge is -2.07. The van der Waals surface area contributed by atoms with Crippen molar-refractivity contribution >= 4 is 22.6 Å². The third-order valence-corrected chi connectivity index (χ3v) is 4.92. The first-order valence-electron chi connectivity index (χ1n) is 9.24. The number of benzene rings is 1. The Bertz CT molecular complexity index is 1190. The van der Waals surface area contributed by atoms with E-state index in [4.69, 9.17) is 4.74 Å². The molecule has 0 spiro atoms. The highest BCUT2D eigenvalue weighted by atomic mass is 16.5. The van der Waals surface area contributed by atoms with E-state index in [1.165, 1.54) is 0 Å². The number of amides is 1. The Hall–Kier alpha value is -3.68. The third kappa shape index (κ3) is 3.44. The van der Waals surface area contributed by atoms with Gasteiger partial charge < -0.3 is 10.1 Å². The van der Waals surface area contributed by atoms with E-state index in [0.29, 0.717) is 11.7 Å². The summed E-state index contributed by atoms with van der Waals surface area (Å²) in [5.41, 5.74) is 4.60. The van der Waals surface area contributed by atoms with Crippen LogP contribution >= 0.6 is 0 Å². The summed E-state index contributed by atoms with van der Waals surface area (Å²) in [5.74, 6) is 0.923. The van der Waals surface area contributed by atoms with Gasteiger partial charge in [-0.05, 0) is 32.0 Å². The molecule has 0 bridgehead atoms. The molecule has 4 rings (SSSR count). The van der Waals surface area contributed by atoms with Crippen molar-refractivity contribution < 1.29 is 9.53 Å². The summed E-state index contributed by atoms with van der Waals surface area (Å²) < 4.78 is 8.58. The molecule has 0 fully saturated rings. The Morgan fingerprint density at radius 2 is 1.93 bits per heavy atom. The van der Waals surface area contributed by atoms with Crippen molar-refractivity contribution in [2.75, 3.05) is 12.4 Å². The summed E-state index contributed by atoms with van der Waals surface area (Å²) in [6, 6.07) is 11.5. The fourth-order valence-electron chi connectivity index (χ4n) is 3.53. The molecule has 0 aliphatic rings. The van der Waals surface area contributed by atoms with Crippen LogP contribution in [0.15, 0.2) is 42.6 Å². The van der Waals surface area contributed by atoms with Gasteiger partial charge in [-0.2, -0.15) is 10.2 Å². The monoisotopic (exact) mass is 390 g/mol. The van der Waals surface area contributed by atoms with Crippen LogP contribution in [-0.2, 0) is 18.4 Å². The largest absolute Gasteiger partial charge is 0.481 e. The minimum Gasteiger partial charge on any atom is -0.481 e. The zero-order chi connectivity index (χ0) is 20.5. The van der Waals surface area contributed by atoms with Crippen molar-refractivity contribution in [3.63, 3.8) is 0 Å². The molecule has 148 valence electrons. The lowest BCUT2D eigenvalue weighted by molar-refractivity contribution is -0.117. The van der Waals surface area contributed by atoms with Gasteiger partial charge in [0.15, 0.2) is 5.82 Å². The topological polar surface area (TPSA) is 86.9 Å². The molecular formula is C21H22N6O2. The Morgan fingerprint density at radius 3 is 2.66 bits per heavy atom. The fraction of sp³-hybridized carbons (Fsp3) is 0.238. The molecule has 0 atom stereocenters. The summed E-state index contributed by atoms with van der Waals surface area (Å²) in [7, 11) is 3.44. The van der Waals surface area contributed by atoms with Gasteiger partial charge in [-0.1, -0.05) is 12.1 Å². The number of aromatic nitrogens is 5. The molecule has 3 heterocycles. The van der Waals surface area contributed by atoms with Crippen molar-refractivity contribution in [2.24, 2.45) is 7.05 Å². The van der Waals surface area contributed by atoms with E-state index in [1.54, 1.807) is 22.7 Å². The molecule has 0 aliphatic heterocycles. The minimum atomic E-state index is -0.182. The molecule has 0 radical (unpaired) electrons. The number of anilines is 1. The Labute approximate surface area is 168 Å². The summed E-state index contributed by atoms with van der Waals surface area (Å²) in [6.07, 6.45) is 1.75. The van der Waals surface area contributed by atoms with Gasteiger partial charge in [0.25, 0.3) is 0 Å². The molecule has 8 heteroatoms. The predicted octanol–water partition coefficient (Wildman–Crippen LogP) is 3.10. The van der Waals surface area contributed by atoms with Gasteiger partial charge in [-0.15, -0.1) is 0 Å². The number of para-hydroxylation sites is 1. The van der Waals surface area contributed by atoms with E-state index in [0.717, 1.165) is 33.4 Å². The Morgan fingerprint density at radius 1 is 1.14 bits per heavy atom. The minimum absolute atomic E-state index is 0.0984. The summed E-state index contributed by atoms with van der Waals surface area (Å²) in [5, 5.41) is 12.8. The van der Waals surface area contributed by atoms with E-state index in [1.807, 2.05) is 57.3 Å². The first kappa shape index (κ1) is 18.7. The number of ether oxygens (including phenoxy) is 1. The molecule has 0 saturated heterocycles. The standard InChI is InChI=1S/C21H22N6O2/c1-13-20(15-9-10-19(29-4)22-11-15)14(2)27(24-13)12-18(28)23-21-16-7-5-6-8-17(16)26(3)25-21/h5-11H,12H2,1-4H3,(H,23,25,28). The van der Waals surface area contributed by atoms with Crippen LogP contribution in [0, 0.1) is 13.8 Å². The first-order chi connectivity index (χ1) is 14.0. The second-order valence-electron chi connectivity index (χ2n) is 6.83. The number of methoxy groups -OCH3 is 1. The number of fused-ring (bicyclic) bond motifs is 1. The van der Waals surface area contributed by atoms with Crippen LogP contribution in [-0.4, -0.2) is 37.6 Å². The smallest absolute Gasteiger partial charge is 0.247 e. The summed E-state index contributed by atoms with van der Waals surface area (Å²) in [6.45, 7) is 3.97. The Kier molecular flexibility index (Phi) is 4.75. The molecule has 8 nitrogen and oxygen atoms in total. The van der Waals surface area contributed by atoms with Crippen molar-refractivity contribution in [2.45, 2.75) is 20.4 Å². The molecule has 0 aliphatic carbocycles. The van der Waals surface area contributed by atoms with Crippen LogP contribution < -0.4 is 10.1 Å². The fourth-order valence-corrected chi connectivity index (χ4v) is 3.53. The van der Waals surface area contributed by atoms with Gasteiger partial charge in [-0.25, -0.2) is 4.98 Å². The maximum atomic E-state index is 12.7. The number of carbonyl (C=O) groups excluding carboxylic acids is 1. The first-order valence-corrected chi connectivity index (χ1v) is 9.24. The highest BCUT2D eigenvalue weighted by molar-refractivity contribution is 5.99. The van der Waals surface area contributed by atoms with E-state index in [9.17, 15) is 4.79 Å². The molecule has 29 heavy (non-hydrogen) atoms. The van der Waals surface area contributed by atoms with Gasteiger partial charge >= 0.3 is 0 Å². The van der Waals surface area contributed by atoms with Crippen LogP contribution in [0.2, 0.25) is 0 Å². The molecule has 1 amide bonds. The summed E-state index contributed by atoms with van der Waals surface area (Å²) >= 11 is 0. The number of aryl methyl sites for hydroxylation is 2. The number of hydrogen-bond acceptors (Lipinski definition) is 5. The molecule has 1 N–H and O–H groups in total. The second-order valence-corrected chi connectivity index (χ2v) is 6.83. The quantitative estimate of drug-likeness (QED) is 0.566.